The molecule has 34 heavy (non-hydrogen) atoms. The molecular formula is C29H24BrNO3. The van der Waals surface area contributed by atoms with Gasteiger partial charge in [0, 0.05) is 22.4 Å². The molecule has 0 amide bonds. The highest BCUT2D eigenvalue weighted by Crippen LogP contribution is 2.49. The number of fused-ring (bicyclic) bond motifs is 1. The average Bonchev–Trinajstić information content (AvgIpc) is 2.89. The number of benzene rings is 4. The summed E-state index contributed by atoms with van der Waals surface area (Å²) < 4.78 is 11.9. The second-order valence-electron chi connectivity index (χ2n) is 8.12. The molecule has 170 valence electrons. The average molecular weight is 514 g/mol. The van der Waals surface area contributed by atoms with E-state index < -0.39 is 17.3 Å². The molecular weight excluding hydrogens is 490 g/mol. The van der Waals surface area contributed by atoms with Gasteiger partial charge in [0.15, 0.2) is 5.41 Å². The summed E-state index contributed by atoms with van der Waals surface area (Å²) in [6.45, 7) is 0. The van der Waals surface area contributed by atoms with Crippen molar-refractivity contribution >= 4 is 32.7 Å². The second kappa shape index (κ2) is 10.1. The summed E-state index contributed by atoms with van der Waals surface area (Å²) in [6, 6.07) is 31.6. The Hall–Kier alpha value is -3.62. The smallest absolute Gasteiger partial charge is 0.327 e. The van der Waals surface area contributed by atoms with Gasteiger partial charge < -0.3 is 9.47 Å². The summed E-state index contributed by atoms with van der Waals surface area (Å²) in [5.41, 5.74) is 0.939. The van der Waals surface area contributed by atoms with Crippen LogP contribution in [0.5, 0.6) is 5.75 Å². The lowest BCUT2D eigenvalue weighted by molar-refractivity contribution is -0.150. The fourth-order valence-electron chi connectivity index (χ4n) is 4.65. The van der Waals surface area contributed by atoms with Crippen molar-refractivity contribution < 1.29 is 14.3 Å². The van der Waals surface area contributed by atoms with Crippen molar-refractivity contribution in [2.75, 3.05) is 14.2 Å². The molecule has 0 bridgehead atoms. The fourth-order valence-corrected chi connectivity index (χ4v) is 4.92. The van der Waals surface area contributed by atoms with Gasteiger partial charge in [0.25, 0.3) is 0 Å². The molecule has 0 fully saturated rings. The van der Waals surface area contributed by atoms with Gasteiger partial charge in [-0.2, -0.15) is 5.26 Å². The van der Waals surface area contributed by atoms with E-state index in [2.05, 4.69) is 22.0 Å². The van der Waals surface area contributed by atoms with E-state index in [4.69, 9.17) is 9.47 Å². The molecule has 4 rings (SSSR count). The first-order chi connectivity index (χ1) is 16.5. The Labute approximate surface area is 207 Å². The summed E-state index contributed by atoms with van der Waals surface area (Å²) in [4.78, 5) is 13.6. The Kier molecular flexibility index (Phi) is 7.00. The minimum Gasteiger partial charge on any atom is -0.496 e. The van der Waals surface area contributed by atoms with Gasteiger partial charge in [0.1, 0.15) is 5.75 Å². The van der Waals surface area contributed by atoms with Gasteiger partial charge in [-0.1, -0.05) is 88.7 Å². The summed E-state index contributed by atoms with van der Waals surface area (Å²) in [6.07, 6.45) is 0.176. The Morgan fingerprint density at radius 2 is 1.56 bits per heavy atom. The van der Waals surface area contributed by atoms with Gasteiger partial charge >= 0.3 is 5.97 Å². The molecule has 0 aliphatic carbocycles. The van der Waals surface area contributed by atoms with Gasteiger partial charge in [0.05, 0.1) is 20.3 Å². The van der Waals surface area contributed by atoms with Crippen LogP contribution in [0.15, 0.2) is 95.5 Å². The monoisotopic (exact) mass is 513 g/mol. The third kappa shape index (κ3) is 4.30. The Bertz CT molecular complexity index is 1350. The highest BCUT2D eigenvalue weighted by molar-refractivity contribution is 9.10. The van der Waals surface area contributed by atoms with Gasteiger partial charge in [0.2, 0.25) is 0 Å². The Morgan fingerprint density at radius 1 is 0.912 bits per heavy atom. The van der Waals surface area contributed by atoms with Crippen LogP contribution in [-0.4, -0.2) is 20.2 Å². The first-order valence-electron chi connectivity index (χ1n) is 10.9. The van der Waals surface area contributed by atoms with E-state index in [0.717, 1.165) is 31.9 Å². The van der Waals surface area contributed by atoms with Crippen molar-refractivity contribution in [3.05, 3.63) is 112 Å². The second-order valence-corrected chi connectivity index (χ2v) is 9.04. The summed E-state index contributed by atoms with van der Waals surface area (Å²) in [7, 11) is 2.93. The maximum Gasteiger partial charge on any atom is 0.327 e. The number of ether oxygens (including phenoxy) is 2. The van der Waals surface area contributed by atoms with Gasteiger partial charge in [-0.3, -0.25) is 4.79 Å². The summed E-state index contributed by atoms with van der Waals surface area (Å²) in [5, 5.41) is 12.7. The molecule has 0 N–H and O–H groups in total. The highest BCUT2D eigenvalue weighted by Gasteiger charge is 2.50. The highest BCUT2D eigenvalue weighted by atomic mass is 79.9. The Morgan fingerprint density at radius 3 is 2.26 bits per heavy atom. The quantitative estimate of drug-likeness (QED) is 0.259. The number of carbonyl (C=O) groups is 1. The zero-order valence-electron chi connectivity index (χ0n) is 19.0. The van der Waals surface area contributed by atoms with E-state index in [-0.39, 0.29) is 6.42 Å². The van der Waals surface area contributed by atoms with E-state index in [1.165, 1.54) is 7.11 Å². The van der Waals surface area contributed by atoms with Crippen LogP contribution >= 0.6 is 15.9 Å². The van der Waals surface area contributed by atoms with E-state index >= 15 is 0 Å². The number of methoxy groups -OCH3 is 2. The van der Waals surface area contributed by atoms with Crippen molar-refractivity contribution in [3.63, 3.8) is 0 Å². The van der Waals surface area contributed by atoms with Crippen LogP contribution < -0.4 is 4.74 Å². The van der Waals surface area contributed by atoms with Gasteiger partial charge in [-0.25, -0.2) is 0 Å². The van der Waals surface area contributed by atoms with E-state index in [1.807, 2.05) is 91.0 Å². The van der Waals surface area contributed by atoms with Crippen LogP contribution in [0, 0.1) is 16.7 Å². The molecule has 0 radical (unpaired) electrons. The number of nitrogens with zero attached hydrogens (tertiary/aromatic N) is 1. The standard InChI is InChI=1S/C29H24BrNO3/c1-33-26-13-6-5-11-25(26)27(24-12-7-9-21-8-3-4-10-23(21)24)29(19-31,28(32)34-2)18-20-14-16-22(30)17-15-20/h3-17,27H,18H2,1-2H3/t27-,29-/m1/s1. The number of halogens is 1. The van der Waals surface area contributed by atoms with Crippen LogP contribution in [-0.2, 0) is 16.0 Å². The van der Waals surface area contributed by atoms with Crippen LogP contribution in [0.1, 0.15) is 22.6 Å². The lowest BCUT2D eigenvalue weighted by Crippen LogP contribution is -2.40. The normalized spacial score (nSPS) is 13.5. The largest absolute Gasteiger partial charge is 0.496 e. The number of hydrogen-bond acceptors (Lipinski definition) is 4. The number of para-hydroxylation sites is 1. The summed E-state index contributed by atoms with van der Waals surface area (Å²) >= 11 is 3.46. The molecule has 0 heterocycles. The molecule has 4 aromatic rings. The maximum absolute atomic E-state index is 13.6. The third-order valence-electron chi connectivity index (χ3n) is 6.22. The number of carbonyl (C=O) groups excluding carboxylic acids is 1. The molecule has 2 atom stereocenters. The van der Waals surface area contributed by atoms with Crippen molar-refractivity contribution in [2.24, 2.45) is 5.41 Å². The first-order valence-corrected chi connectivity index (χ1v) is 11.7. The summed E-state index contributed by atoms with van der Waals surface area (Å²) in [5.74, 6) is -0.614. The molecule has 5 heteroatoms. The minimum absolute atomic E-state index is 0.176. The molecule has 0 spiro atoms. The topological polar surface area (TPSA) is 59.3 Å². The molecule has 0 saturated heterocycles. The zero-order valence-corrected chi connectivity index (χ0v) is 20.6. The van der Waals surface area contributed by atoms with Crippen LogP contribution in [0.2, 0.25) is 0 Å². The molecule has 0 saturated carbocycles. The predicted molar refractivity (Wildman–Crippen MR) is 137 cm³/mol. The van der Waals surface area contributed by atoms with Gasteiger partial charge in [-0.15, -0.1) is 0 Å². The first kappa shape index (κ1) is 23.5. The molecule has 0 aliphatic rings. The molecule has 4 nitrogen and oxygen atoms in total. The van der Waals surface area contributed by atoms with Crippen LogP contribution in [0.4, 0.5) is 0 Å². The predicted octanol–water partition coefficient (Wildman–Crippen LogP) is 6.67. The number of esters is 1. The zero-order chi connectivity index (χ0) is 24.1. The SMILES string of the molecule is COC(=O)[C@@](C#N)(Cc1ccc(Br)cc1)[C@@H](c1ccccc1OC)c1cccc2ccccc12. The van der Waals surface area contributed by atoms with Crippen molar-refractivity contribution in [1.29, 1.82) is 5.26 Å². The van der Waals surface area contributed by atoms with Gasteiger partial charge in [-0.05, 0) is 40.1 Å². The fraction of sp³-hybridized carbons (Fsp3) is 0.172. The van der Waals surface area contributed by atoms with E-state index in [9.17, 15) is 10.1 Å². The molecule has 0 unspecified atom stereocenters. The molecule has 4 aromatic carbocycles. The Balaban J connectivity index is 2.06. The van der Waals surface area contributed by atoms with E-state index in [0.29, 0.717) is 5.75 Å². The van der Waals surface area contributed by atoms with Crippen LogP contribution in [0.3, 0.4) is 0 Å². The number of rotatable bonds is 7. The van der Waals surface area contributed by atoms with Crippen molar-refractivity contribution in [3.8, 4) is 11.8 Å². The third-order valence-corrected chi connectivity index (χ3v) is 6.75. The molecule has 0 aromatic heterocycles. The van der Waals surface area contributed by atoms with E-state index in [1.54, 1.807) is 7.11 Å². The number of nitriles is 1. The number of hydrogen-bond donors (Lipinski definition) is 0. The molecule has 0 aliphatic heterocycles. The lowest BCUT2D eigenvalue weighted by atomic mass is 9.65. The maximum atomic E-state index is 13.6. The lowest BCUT2D eigenvalue weighted by Gasteiger charge is -2.35. The van der Waals surface area contributed by atoms with Crippen molar-refractivity contribution in [1.82, 2.24) is 0 Å². The van der Waals surface area contributed by atoms with Crippen molar-refractivity contribution in [2.45, 2.75) is 12.3 Å². The van der Waals surface area contributed by atoms with Crippen LogP contribution in [0.25, 0.3) is 10.8 Å². The minimum atomic E-state index is -1.54.